The van der Waals surface area contributed by atoms with Crippen molar-refractivity contribution < 1.29 is 18.8 Å². The van der Waals surface area contributed by atoms with Gasteiger partial charge in [0.1, 0.15) is 5.69 Å². The van der Waals surface area contributed by atoms with Crippen LogP contribution in [0.1, 0.15) is 27.2 Å². The maximum atomic E-state index is 12.4. The number of esters is 1. The van der Waals surface area contributed by atoms with Crippen molar-refractivity contribution in [3.8, 4) is 0 Å². The molecule has 0 aliphatic carbocycles. The molecule has 0 fully saturated rings. The second-order valence-electron chi connectivity index (χ2n) is 5.82. The number of anilines is 1. The summed E-state index contributed by atoms with van der Waals surface area (Å²) in [5.74, 6) is -0.793. The Morgan fingerprint density at radius 1 is 1.16 bits per heavy atom. The topological polar surface area (TPSA) is 81.4 Å². The molecule has 0 saturated heterocycles. The number of nitrogens with one attached hydrogen (secondary N) is 1. The molecule has 0 aliphatic rings. The van der Waals surface area contributed by atoms with Gasteiger partial charge in [0.2, 0.25) is 5.91 Å². The van der Waals surface area contributed by atoms with E-state index < -0.39 is 5.97 Å². The van der Waals surface area contributed by atoms with Crippen LogP contribution >= 0.6 is 0 Å². The lowest BCUT2D eigenvalue weighted by atomic mass is 10.1. The number of hydrogen-bond donors (Lipinski definition) is 1. The lowest BCUT2D eigenvalue weighted by Crippen LogP contribution is -2.17. The molecule has 128 valence electrons. The van der Waals surface area contributed by atoms with Crippen molar-refractivity contribution in [2.24, 2.45) is 0 Å². The number of para-hydroxylation sites is 1. The Kier molecular flexibility index (Phi) is 4.52. The largest absolute Gasteiger partial charge is 0.465 e. The molecule has 6 nitrogen and oxygen atoms in total. The summed E-state index contributed by atoms with van der Waals surface area (Å²) in [4.78, 5) is 24.2. The number of nitrogens with zero attached hydrogens (tertiary/aromatic N) is 1. The van der Waals surface area contributed by atoms with Crippen molar-refractivity contribution in [2.45, 2.75) is 20.3 Å². The Hall–Kier alpha value is -3.15. The third-order valence-corrected chi connectivity index (χ3v) is 4.10. The predicted octanol–water partition coefficient (Wildman–Crippen LogP) is 3.41. The number of benzene rings is 2. The fraction of sp³-hybridized carbons (Fsp3) is 0.211. The molecule has 0 radical (unpaired) electrons. The standard InChI is InChI=1S/C19H18N2O4/c1-11-8-14-16(21-25-17(14)9-12(11)2)10-18(22)20-15-7-5-4-6-13(15)19(23)24-3/h4-9H,10H2,1-3H3,(H,20,22). The number of carbonyl (C=O) groups is 2. The van der Waals surface area contributed by atoms with Crippen molar-refractivity contribution in [1.82, 2.24) is 5.16 Å². The van der Waals surface area contributed by atoms with E-state index in [4.69, 9.17) is 9.26 Å². The van der Waals surface area contributed by atoms with E-state index in [2.05, 4.69) is 10.5 Å². The van der Waals surface area contributed by atoms with Crippen molar-refractivity contribution in [3.05, 3.63) is 58.8 Å². The van der Waals surface area contributed by atoms with Crippen LogP contribution in [0.25, 0.3) is 11.0 Å². The molecule has 0 saturated carbocycles. The molecule has 2 aromatic carbocycles. The molecule has 3 rings (SSSR count). The van der Waals surface area contributed by atoms with Gasteiger partial charge in [0, 0.05) is 5.39 Å². The summed E-state index contributed by atoms with van der Waals surface area (Å²) in [6, 6.07) is 10.6. The van der Waals surface area contributed by atoms with Gasteiger partial charge in [-0.2, -0.15) is 0 Å². The monoisotopic (exact) mass is 338 g/mol. The number of ether oxygens (including phenoxy) is 1. The predicted molar refractivity (Wildman–Crippen MR) is 93.6 cm³/mol. The Morgan fingerprint density at radius 2 is 1.88 bits per heavy atom. The van der Waals surface area contributed by atoms with E-state index in [9.17, 15) is 9.59 Å². The highest BCUT2D eigenvalue weighted by Crippen LogP contribution is 2.23. The zero-order chi connectivity index (χ0) is 18.0. The maximum Gasteiger partial charge on any atom is 0.339 e. The van der Waals surface area contributed by atoms with Crippen LogP contribution in [-0.2, 0) is 16.0 Å². The first-order valence-electron chi connectivity index (χ1n) is 7.82. The summed E-state index contributed by atoms with van der Waals surface area (Å²) in [7, 11) is 1.30. The van der Waals surface area contributed by atoms with Gasteiger partial charge >= 0.3 is 5.97 Å². The fourth-order valence-corrected chi connectivity index (χ4v) is 2.60. The Labute approximate surface area is 144 Å². The quantitative estimate of drug-likeness (QED) is 0.737. The minimum absolute atomic E-state index is 0.0466. The summed E-state index contributed by atoms with van der Waals surface area (Å²) in [6.07, 6.45) is 0.0466. The lowest BCUT2D eigenvalue weighted by molar-refractivity contribution is -0.115. The van der Waals surface area contributed by atoms with Gasteiger partial charge in [0.15, 0.2) is 5.58 Å². The Balaban J connectivity index is 1.82. The Bertz CT molecular complexity index is 959. The van der Waals surface area contributed by atoms with Gasteiger partial charge in [0.05, 0.1) is 24.8 Å². The summed E-state index contributed by atoms with van der Waals surface area (Å²) in [5.41, 5.74) is 4.13. The number of aromatic nitrogens is 1. The summed E-state index contributed by atoms with van der Waals surface area (Å²) < 4.78 is 10.0. The maximum absolute atomic E-state index is 12.4. The van der Waals surface area contributed by atoms with Crippen LogP contribution in [0.2, 0.25) is 0 Å². The number of amides is 1. The van der Waals surface area contributed by atoms with Gasteiger partial charge in [0.25, 0.3) is 0 Å². The summed E-state index contributed by atoms with van der Waals surface area (Å²) in [5, 5.41) is 7.56. The zero-order valence-electron chi connectivity index (χ0n) is 14.3. The molecule has 1 amide bonds. The smallest absolute Gasteiger partial charge is 0.339 e. The number of fused-ring (bicyclic) bond motifs is 1. The number of hydrogen-bond acceptors (Lipinski definition) is 5. The van der Waals surface area contributed by atoms with Crippen molar-refractivity contribution in [2.75, 3.05) is 12.4 Å². The van der Waals surface area contributed by atoms with E-state index >= 15 is 0 Å². The molecule has 1 N–H and O–H groups in total. The normalized spacial score (nSPS) is 10.7. The SMILES string of the molecule is COC(=O)c1ccccc1NC(=O)Cc1noc2cc(C)c(C)cc12. The third-order valence-electron chi connectivity index (χ3n) is 4.10. The molecule has 0 bridgehead atoms. The van der Waals surface area contributed by atoms with Crippen LogP contribution in [0.5, 0.6) is 0 Å². The molecule has 6 heteroatoms. The number of methoxy groups -OCH3 is 1. The van der Waals surface area contributed by atoms with E-state index in [1.54, 1.807) is 24.3 Å². The highest BCUT2D eigenvalue weighted by Gasteiger charge is 2.16. The molecule has 0 spiro atoms. The van der Waals surface area contributed by atoms with Gasteiger partial charge in [-0.25, -0.2) is 4.79 Å². The molecule has 1 heterocycles. The van der Waals surface area contributed by atoms with Gasteiger partial charge in [-0.15, -0.1) is 0 Å². The third kappa shape index (κ3) is 3.38. The number of rotatable bonds is 4. The van der Waals surface area contributed by atoms with Crippen molar-refractivity contribution in [3.63, 3.8) is 0 Å². The second kappa shape index (κ2) is 6.76. The molecular formula is C19H18N2O4. The molecule has 0 atom stereocenters. The van der Waals surface area contributed by atoms with Crippen LogP contribution in [-0.4, -0.2) is 24.1 Å². The summed E-state index contributed by atoms with van der Waals surface area (Å²) in [6.45, 7) is 3.99. The van der Waals surface area contributed by atoms with E-state index in [1.165, 1.54) is 7.11 Å². The van der Waals surface area contributed by atoms with Crippen LogP contribution in [0.4, 0.5) is 5.69 Å². The minimum atomic E-state index is -0.506. The first kappa shape index (κ1) is 16.7. The van der Waals surface area contributed by atoms with Crippen LogP contribution in [0, 0.1) is 13.8 Å². The zero-order valence-corrected chi connectivity index (χ0v) is 14.3. The van der Waals surface area contributed by atoms with Gasteiger partial charge in [-0.3, -0.25) is 4.79 Å². The van der Waals surface area contributed by atoms with Crippen LogP contribution in [0.3, 0.4) is 0 Å². The van der Waals surface area contributed by atoms with Crippen molar-refractivity contribution >= 4 is 28.5 Å². The van der Waals surface area contributed by atoms with E-state index in [-0.39, 0.29) is 12.3 Å². The lowest BCUT2D eigenvalue weighted by Gasteiger charge is -2.09. The molecule has 0 aliphatic heterocycles. The summed E-state index contributed by atoms with van der Waals surface area (Å²) >= 11 is 0. The van der Waals surface area contributed by atoms with Crippen molar-refractivity contribution in [1.29, 1.82) is 0 Å². The van der Waals surface area contributed by atoms with E-state index in [1.807, 2.05) is 26.0 Å². The van der Waals surface area contributed by atoms with Crippen LogP contribution in [0.15, 0.2) is 40.9 Å². The number of carbonyl (C=O) groups excluding carboxylic acids is 2. The van der Waals surface area contributed by atoms with Gasteiger partial charge in [-0.05, 0) is 49.2 Å². The van der Waals surface area contributed by atoms with Gasteiger partial charge < -0.3 is 14.6 Å². The molecule has 1 aromatic heterocycles. The fourth-order valence-electron chi connectivity index (χ4n) is 2.60. The molecule has 25 heavy (non-hydrogen) atoms. The van der Waals surface area contributed by atoms with E-state index in [0.717, 1.165) is 16.5 Å². The van der Waals surface area contributed by atoms with Gasteiger partial charge in [-0.1, -0.05) is 17.3 Å². The first-order chi connectivity index (χ1) is 12.0. The molecule has 0 unspecified atom stereocenters. The van der Waals surface area contributed by atoms with E-state index in [0.29, 0.717) is 22.5 Å². The molecular weight excluding hydrogens is 320 g/mol. The minimum Gasteiger partial charge on any atom is -0.465 e. The average Bonchev–Trinajstić information content (AvgIpc) is 2.96. The highest BCUT2D eigenvalue weighted by atomic mass is 16.5. The molecule has 3 aromatic rings. The highest BCUT2D eigenvalue weighted by molar-refractivity contribution is 6.02. The Morgan fingerprint density at radius 3 is 2.64 bits per heavy atom. The first-order valence-corrected chi connectivity index (χ1v) is 7.82. The van der Waals surface area contributed by atoms with Crippen LogP contribution < -0.4 is 5.32 Å². The average molecular weight is 338 g/mol. The number of aryl methyl sites for hydroxylation is 2. The second-order valence-corrected chi connectivity index (χ2v) is 5.82.